The number of benzene rings is 1. The second-order valence-electron chi connectivity index (χ2n) is 5.76. The summed E-state index contributed by atoms with van der Waals surface area (Å²) in [6, 6.07) is 11.4. The van der Waals surface area contributed by atoms with E-state index >= 15 is 0 Å². The first-order valence-corrected chi connectivity index (χ1v) is 7.54. The number of carbonyl (C=O) groups is 1. The predicted octanol–water partition coefficient (Wildman–Crippen LogP) is 3.37. The van der Waals surface area contributed by atoms with Gasteiger partial charge >= 0.3 is 0 Å². The highest BCUT2D eigenvalue weighted by Gasteiger charge is 2.21. The van der Waals surface area contributed by atoms with Crippen LogP contribution in [0.3, 0.4) is 0 Å². The molecular formula is C18H20N2O3. The molecule has 0 saturated carbocycles. The number of fused-ring (bicyclic) bond motifs is 1. The summed E-state index contributed by atoms with van der Waals surface area (Å²) in [6.45, 7) is 2.34. The van der Waals surface area contributed by atoms with E-state index in [1.807, 2.05) is 62.3 Å². The predicted molar refractivity (Wildman–Crippen MR) is 88.4 cm³/mol. The van der Waals surface area contributed by atoms with E-state index < -0.39 is 0 Å². The SMILES string of the molecule is Cc1c(C(=O)NCC(c2ccco2)N(C)C)oc2ccccc12. The number of para-hydroxylation sites is 1. The maximum atomic E-state index is 12.5. The third-order valence-corrected chi connectivity index (χ3v) is 4.00. The van der Waals surface area contributed by atoms with Crippen molar-refractivity contribution >= 4 is 16.9 Å². The number of furan rings is 2. The van der Waals surface area contributed by atoms with Crippen LogP contribution in [-0.4, -0.2) is 31.4 Å². The van der Waals surface area contributed by atoms with Gasteiger partial charge in [0.25, 0.3) is 5.91 Å². The van der Waals surface area contributed by atoms with Crippen molar-refractivity contribution in [2.24, 2.45) is 0 Å². The molecule has 0 aliphatic rings. The first kappa shape index (κ1) is 15.4. The summed E-state index contributed by atoms with van der Waals surface area (Å²) >= 11 is 0. The fraction of sp³-hybridized carbons (Fsp3) is 0.278. The van der Waals surface area contributed by atoms with Crippen LogP contribution < -0.4 is 5.32 Å². The summed E-state index contributed by atoms with van der Waals surface area (Å²) in [5.74, 6) is 0.969. The van der Waals surface area contributed by atoms with Gasteiger partial charge in [0.2, 0.25) is 0 Å². The normalized spacial score (nSPS) is 12.7. The number of hydrogen-bond acceptors (Lipinski definition) is 4. The molecule has 1 aromatic carbocycles. The first-order valence-electron chi connectivity index (χ1n) is 7.54. The zero-order chi connectivity index (χ0) is 16.4. The Kier molecular flexibility index (Phi) is 4.21. The van der Waals surface area contributed by atoms with Crippen LogP contribution in [0.1, 0.15) is 27.9 Å². The van der Waals surface area contributed by atoms with Crippen molar-refractivity contribution in [3.05, 3.63) is 59.7 Å². The number of carbonyl (C=O) groups excluding carboxylic acids is 1. The number of nitrogens with zero attached hydrogens (tertiary/aromatic N) is 1. The minimum Gasteiger partial charge on any atom is -0.468 e. The van der Waals surface area contributed by atoms with Gasteiger partial charge in [0.05, 0.1) is 12.3 Å². The summed E-state index contributed by atoms with van der Waals surface area (Å²) in [6.07, 6.45) is 1.64. The average Bonchev–Trinajstić information content (AvgIpc) is 3.16. The Bertz CT molecular complexity index is 803. The standard InChI is InChI=1S/C18H20N2O3/c1-12-13-7-4-5-8-15(13)23-17(12)18(21)19-11-14(20(2)3)16-9-6-10-22-16/h4-10,14H,11H2,1-3H3,(H,19,21). The fourth-order valence-corrected chi connectivity index (χ4v) is 2.68. The molecule has 3 rings (SSSR count). The van der Waals surface area contributed by atoms with Gasteiger partial charge in [-0.05, 0) is 39.2 Å². The molecule has 1 N–H and O–H groups in total. The zero-order valence-corrected chi connectivity index (χ0v) is 13.5. The van der Waals surface area contributed by atoms with Crippen molar-refractivity contribution in [2.45, 2.75) is 13.0 Å². The molecule has 5 heteroatoms. The number of aryl methyl sites for hydroxylation is 1. The van der Waals surface area contributed by atoms with Crippen molar-refractivity contribution in [3.8, 4) is 0 Å². The summed E-state index contributed by atoms with van der Waals surface area (Å²) in [4.78, 5) is 14.5. The molecule has 0 bridgehead atoms. The number of likely N-dealkylation sites (N-methyl/N-ethyl adjacent to an activating group) is 1. The lowest BCUT2D eigenvalue weighted by Gasteiger charge is -2.22. The smallest absolute Gasteiger partial charge is 0.287 e. The molecule has 0 saturated heterocycles. The van der Waals surface area contributed by atoms with Gasteiger partial charge in [-0.3, -0.25) is 9.69 Å². The minimum atomic E-state index is -0.211. The molecule has 23 heavy (non-hydrogen) atoms. The first-order chi connectivity index (χ1) is 11.1. The van der Waals surface area contributed by atoms with Gasteiger partial charge in [0, 0.05) is 17.5 Å². The Morgan fingerprint density at radius 2 is 2.00 bits per heavy atom. The molecule has 1 amide bonds. The van der Waals surface area contributed by atoms with Crippen LogP contribution in [0.2, 0.25) is 0 Å². The van der Waals surface area contributed by atoms with E-state index in [2.05, 4.69) is 5.32 Å². The van der Waals surface area contributed by atoms with Crippen LogP contribution in [0.25, 0.3) is 11.0 Å². The topological polar surface area (TPSA) is 58.6 Å². The second-order valence-corrected chi connectivity index (χ2v) is 5.76. The van der Waals surface area contributed by atoms with Crippen LogP contribution in [0.5, 0.6) is 0 Å². The van der Waals surface area contributed by atoms with Gasteiger partial charge in [-0.25, -0.2) is 0 Å². The molecule has 120 valence electrons. The summed E-state index contributed by atoms with van der Waals surface area (Å²) in [5, 5.41) is 3.90. The lowest BCUT2D eigenvalue weighted by Crippen LogP contribution is -2.34. The average molecular weight is 312 g/mol. The maximum Gasteiger partial charge on any atom is 0.287 e. The Balaban J connectivity index is 1.76. The van der Waals surface area contributed by atoms with E-state index in [4.69, 9.17) is 8.83 Å². The van der Waals surface area contributed by atoms with Gasteiger partial charge in [0.1, 0.15) is 11.3 Å². The van der Waals surface area contributed by atoms with E-state index in [0.29, 0.717) is 12.3 Å². The van der Waals surface area contributed by atoms with Gasteiger partial charge < -0.3 is 14.2 Å². The Morgan fingerprint density at radius 3 is 2.65 bits per heavy atom. The zero-order valence-electron chi connectivity index (χ0n) is 13.5. The van der Waals surface area contributed by atoms with Crippen LogP contribution in [0, 0.1) is 6.92 Å². The molecule has 1 atom stereocenters. The molecule has 0 fully saturated rings. The van der Waals surface area contributed by atoms with Crippen LogP contribution in [-0.2, 0) is 0 Å². The molecular weight excluding hydrogens is 292 g/mol. The van der Waals surface area contributed by atoms with E-state index in [9.17, 15) is 4.79 Å². The van der Waals surface area contributed by atoms with E-state index in [1.165, 1.54) is 0 Å². The molecule has 0 spiro atoms. The summed E-state index contributed by atoms with van der Waals surface area (Å²) < 4.78 is 11.1. The quantitative estimate of drug-likeness (QED) is 0.785. The third kappa shape index (κ3) is 3.00. The van der Waals surface area contributed by atoms with Gasteiger partial charge in [-0.1, -0.05) is 18.2 Å². The van der Waals surface area contributed by atoms with E-state index in [-0.39, 0.29) is 11.9 Å². The molecule has 0 radical (unpaired) electrons. The second kappa shape index (κ2) is 6.30. The maximum absolute atomic E-state index is 12.5. The van der Waals surface area contributed by atoms with Crippen molar-refractivity contribution in [3.63, 3.8) is 0 Å². The van der Waals surface area contributed by atoms with Crippen LogP contribution in [0.4, 0.5) is 0 Å². The number of amides is 1. The van der Waals surface area contributed by atoms with E-state index in [1.54, 1.807) is 6.26 Å². The minimum absolute atomic E-state index is 0.0290. The monoisotopic (exact) mass is 312 g/mol. The Hall–Kier alpha value is -2.53. The summed E-state index contributed by atoms with van der Waals surface area (Å²) in [7, 11) is 3.90. The lowest BCUT2D eigenvalue weighted by molar-refractivity contribution is 0.0912. The number of rotatable bonds is 5. The van der Waals surface area contributed by atoms with Gasteiger partial charge in [-0.15, -0.1) is 0 Å². The van der Waals surface area contributed by atoms with Crippen molar-refractivity contribution in [1.82, 2.24) is 10.2 Å². The van der Waals surface area contributed by atoms with Crippen molar-refractivity contribution < 1.29 is 13.6 Å². The molecule has 3 aromatic rings. The molecule has 2 aromatic heterocycles. The van der Waals surface area contributed by atoms with Gasteiger partial charge in [-0.2, -0.15) is 0 Å². The number of nitrogens with one attached hydrogen (secondary N) is 1. The van der Waals surface area contributed by atoms with Crippen LogP contribution >= 0.6 is 0 Å². The van der Waals surface area contributed by atoms with Crippen LogP contribution in [0.15, 0.2) is 51.5 Å². The summed E-state index contributed by atoms with van der Waals surface area (Å²) in [5.41, 5.74) is 1.59. The van der Waals surface area contributed by atoms with E-state index in [0.717, 1.165) is 22.3 Å². The highest BCUT2D eigenvalue weighted by atomic mass is 16.3. The molecule has 0 aliphatic heterocycles. The van der Waals surface area contributed by atoms with Gasteiger partial charge in [0.15, 0.2) is 5.76 Å². The highest BCUT2D eigenvalue weighted by molar-refractivity contribution is 5.98. The molecule has 0 aliphatic carbocycles. The fourth-order valence-electron chi connectivity index (χ4n) is 2.68. The van der Waals surface area contributed by atoms with Crippen molar-refractivity contribution in [1.29, 1.82) is 0 Å². The highest BCUT2D eigenvalue weighted by Crippen LogP contribution is 2.25. The third-order valence-electron chi connectivity index (χ3n) is 4.00. The number of hydrogen-bond donors (Lipinski definition) is 1. The molecule has 2 heterocycles. The Morgan fingerprint density at radius 1 is 1.22 bits per heavy atom. The molecule has 5 nitrogen and oxygen atoms in total. The Labute approximate surface area is 134 Å². The lowest BCUT2D eigenvalue weighted by atomic mass is 10.1. The molecule has 1 unspecified atom stereocenters. The largest absolute Gasteiger partial charge is 0.468 e. The van der Waals surface area contributed by atoms with Crippen molar-refractivity contribution in [2.75, 3.05) is 20.6 Å².